The summed E-state index contributed by atoms with van der Waals surface area (Å²) in [5.41, 5.74) is 2.26. The van der Waals surface area contributed by atoms with Crippen LogP contribution < -0.4 is 10.9 Å². The van der Waals surface area contributed by atoms with Gasteiger partial charge in [0.1, 0.15) is 5.75 Å². The lowest BCUT2D eigenvalue weighted by Crippen LogP contribution is -2.19. The summed E-state index contributed by atoms with van der Waals surface area (Å²) in [7, 11) is 2.02. The van der Waals surface area contributed by atoms with Crippen molar-refractivity contribution < 1.29 is 15.0 Å². The number of hydrogen-bond donors (Lipinski definition) is 4. The van der Waals surface area contributed by atoms with Crippen molar-refractivity contribution in [2.24, 2.45) is 13.0 Å². The number of nitrogens with one attached hydrogen (secondary N) is 2. The third kappa shape index (κ3) is 3.88. The van der Waals surface area contributed by atoms with Crippen LogP contribution in [-0.4, -0.2) is 32.3 Å². The maximum Gasteiger partial charge on any atom is 0.345 e. The summed E-state index contributed by atoms with van der Waals surface area (Å²) in [6, 6.07) is 7.88. The largest absolute Gasteiger partial charge is 0.506 e. The molecule has 8 heteroatoms. The van der Waals surface area contributed by atoms with Gasteiger partial charge in [-0.1, -0.05) is 6.07 Å². The van der Waals surface area contributed by atoms with Gasteiger partial charge in [0.2, 0.25) is 0 Å². The van der Waals surface area contributed by atoms with Crippen molar-refractivity contribution in [2.45, 2.75) is 26.3 Å². The number of aromatic nitrogens is 2. The van der Waals surface area contributed by atoms with Crippen molar-refractivity contribution in [3.05, 3.63) is 51.4 Å². The zero-order valence-electron chi connectivity index (χ0n) is 16.3. The van der Waals surface area contributed by atoms with Crippen molar-refractivity contribution in [3.63, 3.8) is 0 Å². The van der Waals surface area contributed by atoms with Crippen molar-refractivity contribution >= 4 is 29.3 Å². The highest BCUT2D eigenvalue weighted by atomic mass is 35.5. The molecule has 2 aromatic heterocycles. The minimum Gasteiger partial charge on any atom is -0.506 e. The van der Waals surface area contributed by atoms with Gasteiger partial charge in [-0.2, -0.15) is 0 Å². The number of aryl methyl sites for hydroxylation is 1. The van der Waals surface area contributed by atoms with Crippen LogP contribution in [0.5, 0.6) is 5.75 Å². The van der Waals surface area contributed by atoms with Crippen LogP contribution in [0.1, 0.15) is 34.5 Å². The van der Waals surface area contributed by atoms with Crippen molar-refractivity contribution in [2.75, 3.05) is 6.54 Å². The molecule has 1 fully saturated rings. The Labute approximate surface area is 173 Å². The number of hydrogen-bond acceptors (Lipinski definition) is 4. The molecule has 1 aliphatic rings. The van der Waals surface area contributed by atoms with Gasteiger partial charge >= 0.3 is 5.97 Å². The molecule has 29 heavy (non-hydrogen) atoms. The Kier molecular flexibility index (Phi) is 5.73. The number of rotatable bonds is 6. The molecule has 0 amide bonds. The second kappa shape index (κ2) is 7.93. The lowest BCUT2D eigenvalue weighted by atomic mass is 10.0. The number of carboxylic acid groups (broad SMARTS) is 1. The zero-order chi connectivity index (χ0) is 20.0. The van der Waals surface area contributed by atoms with Crippen LogP contribution in [0.25, 0.3) is 22.2 Å². The number of aromatic hydroxyl groups is 1. The number of benzene rings is 1. The monoisotopic (exact) mass is 417 g/mol. The van der Waals surface area contributed by atoms with E-state index in [2.05, 4.69) is 20.9 Å². The van der Waals surface area contributed by atoms with Crippen molar-refractivity contribution in [3.8, 4) is 17.0 Å². The number of carboxylic acids is 1. The van der Waals surface area contributed by atoms with Crippen LogP contribution >= 0.6 is 12.4 Å². The molecule has 7 nitrogen and oxygen atoms in total. The van der Waals surface area contributed by atoms with Crippen LogP contribution in [0.4, 0.5) is 0 Å². The summed E-state index contributed by atoms with van der Waals surface area (Å²) < 4.78 is 2.14. The van der Waals surface area contributed by atoms with Gasteiger partial charge in [0.25, 0.3) is 5.56 Å². The van der Waals surface area contributed by atoms with Crippen LogP contribution in [0.15, 0.2) is 29.1 Å². The van der Waals surface area contributed by atoms with Gasteiger partial charge in [0.15, 0.2) is 5.56 Å². The molecule has 4 rings (SSSR count). The average Bonchev–Trinajstić information content (AvgIpc) is 3.42. The highest BCUT2D eigenvalue weighted by molar-refractivity contribution is 5.92. The molecular formula is C21H24ClN3O4. The van der Waals surface area contributed by atoms with E-state index in [9.17, 15) is 14.7 Å². The predicted octanol–water partition coefficient (Wildman–Crippen LogP) is 3.17. The van der Waals surface area contributed by atoms with Crippen LogP contribution in [0.2, 0.25) is 0 Å². The average molecular weight is 418 g/mol. The van der Waals surface area contributed by atoms with Gasteiger partial charge in [0, 0.05) is 35.8 Å². The number of aromatic carboxylic acids is 1. The fourth-order valence-corrected chi connectivity index (χ4v) is 3.63. The van der Waals surface area contributed by atoms with Gasteiger partial charge in [-0.05, 0) is 56.0 Å². The standard InChI is InChI=1S/C21H23N3O4.ClH/c1-11-18(23-20(26)17(19(11)25)21(27)28)13-5-6-16-14(7-13)8-15(24(16)2)10-22-9-12-3-4-12;/h5-8,12,22H,3-4,9-10H2,1-2H3,(H,27,28)(H2,23,25,26);1H. The number of aromatic amines is 1. The summed E-state index contributed by atoms with van der Waals surface area (Å²) in [5, 5.41) is 23.8. The molecule has 1 aromatic carbocycles. The predicted molar refractivity (Wildman–Crippen MR) is 114 cm³/mol. The first-order chi connectivity index (χ1) is 13.4. The SMILES string of the molecule is Cc1c(-c2ccc3c(c2)cc(CNCC2CC2)n3C)[nH]c(=O)c(C(=O)O)c1O.Cl. The molecule has 0 spiro atoms. The Bertz CT molecular complexity index is 1150. The first-order valence-corrected chi connectivity index (χ1v) is 9.35. The Morgan fingerprint density at radius 2 is 2.03 bits per heavy atom. The summed E-state index contributed by atoms with van der Waals surface area (Å²) in [6.45, 7) is 3.43. The summed E-state index contributed by atoms with van der Waals surface area (Å²) in [4.78, 5) is 25.9. The summed E-state index contributed by atoms with van der Waals surface area (Å²) in [6.07, 6.45) is 2.63. The molecule has 0 saturated heterocycles. The lowest BCUT2D eigenvalue weighted by molar-refractivity contribution is 0.0691. The van der Waals surface area contributed by atoms with E-state index in [1.807, 2.05) is 25.2 Å². The maximum absolute atomic E-state index is 12.1. The topological polar surface area (TPSA) is 107 Å². The zero-order valence-corrected chi connectivity index (χ0v) is 17.1. The summed E-state index contributed by atoms with van der Waals surface area (Å²) >= 11 is 0. The lowest BCUT2D eigenvalue weighted by Gasteiger charge is -2.10. The smallest absolute Gasteiger partial charge is 0.345 e. The number of halogens is 1. The normalized spacial score (nSPS) is 13.4. The Morgan fingerprint density at radius 3 is 2.69 bits per heavy atom. The molecule has 1 aliphatic carbocycles. The van der Waals surface area contributed by atoms with E-state index >= 15 is 0 Å². The third-order valence-corrected chi connectivity index (χ3v) is 5.51. The first kappa shape index (κ1) is 21.0. The van der Waals surface area contributed by atoms with Crippen LogP contribution in [0, 0.1) is 12.8 Å². The molecule has 3 aromatic rings. The fraction of sp³-hybridized carbons (Fsp3) is 0.333. The number of nitrogens with zero attached hydrogens (tertiary/aromatic N) is 1. The molecule has 0 aliphatic heterocycles. The van der Waals surface area contributed by atoms with Crippen molar-refractivity contribution in [1.82, 2.24) is 14.9 Å². The second-order valence-corrected chi connectivity index (χ2v) is 7.53. The minimum absolute atomic E-state index is 0. The highest BCUT2D eigenvalue weighted by Crippen LogP contribution is 2.31. The fourth-order valence-electron chi connectivity index (χ4n) is 3.63. The number of H-pyrrole nitrogens is 1. The molecule has 0 bridgehead atoms. The van der Waals surface area contributed by atoms with Gasteiger partial charge in [0.05, 0.1) is 5.69 Å². The van der Waals surface area contributed by atoms with Gasteiger partial charge in [-0.3, -0.25) is 4.79 Å². The highest BCUT2D eigenvalue weighted by Gasteiger charge is 2.21. The van der Waals surface area contributed by atoms with Crippen LogP contribution in [-0.2, 0) is 13.6 Å². The van der Waals surface area contributed by atoms with E-state index in [0.29, 0.717) is 11.3 Å². The molecule has 154 valence electrons. The van der Waals surface area contributed by atoms with Crippen molar-refractivity contribution in [1.29, 1.82) is 0 Å². The van der Waals surface area contributed by atoms with Gasteiger partial charge in [-0.15, -0.1) is 12.4 Å². The number of fused-ring (bicyclic) bond motifs is 1. The Morgan fingerprint density at radius 1 is 1.31 bits per heavy atom. The van der Waals surface area contributed by atoms with Gasteiger partial charge < -0.3 is 25.1 Å². The maximum atomic E-state index is 12.1. The van der Waals surface area contributed by atoms with Gasteiger partial charge in [-0.25, -0.2) is 4.79 Å². The summed E-state index contributed by atoms with van der Waals surface area (Å²) in [5.74, 6) is -1.12. The Hall–Kier alpha value is -2.77. The van der Waals surface area contributed by atoms with E-state index in [0.717, 1.165) is 35.5 Å². The van der Waals surface area contributed by atoms with E-state index in [1.54, 1.807) is 6.92 Å². The molecule has 0 radical (unpaired) electrons. The van der Waals surface area contributed by atoms with E-state index in [4.69, 9.17) is 5.11 Å². The van der Waals surface area contributed by atoms with E-state index in [-0.39, 0.29) is 12.4 Å². The molecule has 0 unspecified atom stereocenters. The first-order valence-electron chi connectivity index (χ1n) is 9.35. The third-order valence-electron chi connectivity index (χ3n) is 5.51. The molecular weight excluding hydrogens is 394 g/mol. The molecule has 2 heterocycles. The van der Waals surface area contributed by atoms with Crippen LogP contribution in [0.3, 0.4) is 0 Å². The quantitative estimate of drug-likeness (QED) is 0.492. The molecule has 0 atom stereocenters. The minimum atomic E-state index is -1.45. The molecule has 4 N–H and O–H groups in total. The van der Waals surface area contributed by atoms with E-state index < -0.39 is 22.8 Å². The Balaban J connectivity index is 0.00000240. The molecule has 1 saturated carbocycles. The number of pyridine rings is 1. The van der Waals surface area contributed by atoms with E-state index in [1.165, 1.54) is 18.5 Å². The number of carbonyl (C=O) groups is 1. The second-order valence-electron chi connectivity index (χ2n) is 7.53.